The first kappa shape index (κ1) is 11.9. The Bertz CT molecular complexity index is 748. The van der Waals surface area contributed by atoms with Gasteiger partial charge in [-0.25, -0.2) is 9.37 Å². The van der Waals surface area contributed by atoms with Crippen LogP contribution in [0.15, 0.2) is 42.5 Å². The van der Waals surface area contributed by atoms with Gasteiger partial charge in [0.05, 0.1) is 10.2 Å². The van der Waals surface area contributed by atoms with Crippen molar-refractivity contribution < 1.29 is 4.39 Å². The van der Waals surface area contributed by atoms with Crippen LogP contribution in [0.5, 0.6) is 0 Å². The maximum atomic E-state index is 13.2. The lowest BCUT2D eigenvalue weighted by Gasteiger charge is -2.28. The molecule has 100 valence electrons. The summed E-state index contributed by atoms with van der Waals surface area (Å²) in [4.78, 5) is 6.98. The molecule has 20 heavy (non-hydrogen) atoms. The first-order chi connectivity index (χ1) is 9.79. The molecule has 2 aromatic carbocycles. The number of nitrogens with zero attached hydrogens (tertiary/aromatic N) is 2. The second kappa shape index (κ2) is 4.56. The number of halogens is 1. The van der Waals surface area contributed by atoms with Crippen LogP contribution in [0.3, 0.4) is 0 Å². The van der Waals surface area contributed by atoms with E-state index in [1.165, 1.54) is 10.3 Å². The van der Waals surface area contributed by atoms with Crippen molar-refractivity contribution in [1.29, 1.82) is 0 Å². The molecule has 0 unspecified atom stereocenters. The Kier molecular flexibility index (Phi) is 2.70. The second-order valence-corrected chi connectivity index (χ2v) is 6.06. The van der Waals surface area contributed by atoms with Crippen molar-refractivity contribution in [2.45, 2.75) is 13.0 Å². The maximum absolute atomic E-state index is 13.2. The van der Waals surface area contributed by atoms with E-state index >= 15 is 0 Å². The summed E-state index contributed by atoms with van der Waals surface area (Å²) in [5.41, 5.74) is 3.39. The molecule has 0 bridgehead atoms. The maximum Gasteiger partial charge on any atom is 0.186 e. The van der Waals surface area contributed by atoms with Crippen molar-refractivity contribution in [2.75, 3.05) is 11.4 Å². The average Bonchev–Trinajstić information content (AvgIpc) is 2.90. The number of anilines is 1. The van der Waals surface area contributed by atoms with Gasteiger partial charge in [-0.1, -0.05) is 29.5 Å². The fourth-order valence-corrected chi connectivity index (χ4v) is 3.67. The third-order valence-corrected chi connectivity index (χ3v) is 4.83. The minimum absolute atomic E-state index is 0.141. The Morgan fingerprint density at radius 3 is 2.90 bits per heavy atom. The molecule has 0 saturated carbocycles. The van der Waals surface area contributed by atoms with Crippen LogP contribution >= 0.6 is 11.3 Å². The largest absolute Gasteiger partial charge is 0.343 e. The average molecular weight is 284 g/mol. The van der Waals surface area contributed by atoms with Crippen molar-refractivity contribution in [3.63, 3.8) is 0 Å². The van der Waals surface area contributed by atoms with Crippen LogP contribution in [0.2, 0.25) is 0 Å². The van der Waals surface area contributed by atoms with E-state index < -0.39 is 0 Å². The van der Waals surface area contributed by atoms with E-state index in [0.29, 0.717) is 0 Å². The lowest BCUT2D eigenvalue weighted by molar-refractivity contribution is 0.619. The highest BCUT2D eigenvalue weighted by atomic mass is 32.1. The predicted molar refractivity (Wildman–Crippen MR) is 80.8 cm³/mol. The molecular formula is C16H13FN2S. The van der Waals surface area contributed by atoms with Gasteiger partial charge in [-0.3, -0.25) is 0 Å². The van der Waals surface area contributed by atoms with Crippen molar-refractivity contribution >= 4 is 26.7 Å². The van der Waals surface area contributed by atoms with Crippen LogP contribution < -0.4 is 4.90 Å². The van der Waals surface area contributed by atoms with Crippen LogP contribution in [0.1, 0.15) is 11.1 Å². The molecule has 4 heteroatoms. The Labute approximate surface area is 120 Å². The number of rotatable bonds is 1. The van der Waals surface area contributed by atoms with Gasteiger partial charge in [0.15, 0.2) is 5.13 Å². The lowest BCUT2D eigenvalue weighted by atomic mass is 10.0. The van der Waals surface area contributed by atoms with Crippen LogP contribution in [0.4, 0.5) is 9.52 Å². The van der Waals surface area contributed by atoms with Gasteiger partial charge in [0.2, 0.25) is 0 Å². The van der Waals surface area contributed by atoms with Gasteiger partial charge >= 0.3 is 0 Å². The molecule has 0 spiro atoms. The highest BCUT2D eigenvalue weighted by molar-refractivity contribution is 7.22. The zero-order valence-electron chi connectivity index (χ0n) is 10.8. The summed E-state index contributed by atoms with van der Waals surface area (Å²) in [5.74, 6) is -0.141. The standard InChI is InChI=1S/C16H13FN2S/c17-13-6-5-12-10-19(8-7-11(12)9-13)16-18-14-3-1-2-4-15(14)20-16/h1-6,9H,7-8,10H2. The van der Waals surface area contributed by atoms with E-state index in [1.807, 2.05) is 24.3 Å². The molecule has 1 aliphatic heterocycles. The number of hydrogen-bond acceptors (Lipinski definition) is 3. The second-order valence-electron chi connectivity index (χ2n) is 5.05. The van der Waals surface area contributed by atoms with Gasteiger partial charge in [0, 0.05) is 13.1 Å². The summed E-state index contributed by atoms with van der Waals surface area (Å²) in [6.07, 6.45) is 0.878. The number of hydrogen-bond donors (Lipinski definition) is 0. The summed E-state index contributed by atoms with van der Waals surface area (Å²) in [7, 11) is 0. The molecule has 0 aliphatic carbocycles. The third kappa shape index (κ3) is 1.96. The predicted octanol–water partition coefficient (Wildman–Crippen LogP) is 4.00. The Hall–Kier alpha value is -1.94. The fraction of sp³-hybridized carbons (Fsp3) is 0.188. The number of thiazole rings is 1. The lowest BCUT2D eigenvalue weighted by Crippen LogP contribution is -2.30. The first-order valence-corrected chi connectivity index (χ1v) is 7.49. The Balaban J connectivity index is 1.69. The molecule has 0 atom stereocenters. The molecule has 0 saturated heterocycles. The molecule has 0 N–H and O–H groups in total. The van der Waals surface area contributed by atoms with Crippen molar-refractivity contribution in [2.24, 2.45) is 0 Å². The molecular weight excluding hydrogens is 271 g/mol. The molecule has 0 fully saturated rings. The summed E-state index contributed by atoms with van der Waals surface area (Å²) in [5, 5.41) is 1.06. The zero-order chi connectivity index (χ0) is 13.5. The van der Waals surface area contributed by atoms with Gasteiger partial charge in [-0.2, -0.15) is 0 Å². The van der Waals surface area contributed by atoms with E-state index in [9.17, 15) is 4.39 Å². The first-order valence-electron chi connectivity index (χ1n) is 6.67. The normalized spacial score (nSPS) is 14.6. The van der Waals surface area contributed by atoms with Gasteiger partial charge in [0.1, 0.15) is 5.82 Å². The van der Waals surface area contributed by atoms with Crippen molar-refractivity contribution in [3.05, 3.63) is 59.4 Å². The van der Waals surface area contributed by atoms with Gasteiger partial charge in [0.25, 0.3) is 0 Å². The van der Waals surface area contributed by atoms with Crippen LogP contribution in [0.25, 0.3) is 10.2 Å². The smallest absolute Gasteiger partial charge is 0.186 e. The molecule has 4 rings (SSSR count). The summed E-state index contributed by atoms with van der Waals surface area (Å²) < 4.78 is 14.4. The highest BCUT2D eigenvalue weighted by Gasteiger charge is 2.19. The van der Waals surface area contributed by atoms with Gasteiger partial charge in [-0.15, -0.1) is 0 Å². The molecule has 0 radical (unpaired) electrons. The van der Waals surface area contributed by atoms with E-state index in [4.69, 9.17) is 4.98 Å². The minimum Gasteiger partial charge on any atom is -0.343 e. The molecule has 2 nitrogen and oxygen atoms in total. The van der Waals surface area contributed by atoms with Gasteiger partial charge in [-0.05, 0) is 41.8 Å². The quantitative estimate of drug-likeness (QED) is 0.671. The molecule has 0 amide bonds. The summed E-state index contributed by atoms with van der Waals surface area (Å²) in [6, 6.07) is 13.3. The summed E-state index contributed by atoms with van der Waals surface area (Å²) >= 11 is 1.72. The molecule has 3 aromatic rings. The highest BCUT2D eigenvalue weighted by Crippen LogP contribution is 2.31. The number of aromatic nitrogens is 1. The van der Waals surface area contributed by atoms with E-state index in [-0.39, 0.29) is 5.82 Å². The third-order valence-electron chi connectivity index (χ3n) is 3.73. The fourth-order valence-electron chi connectivity index (χ4n) is 2.68. The molecule has 2 heterocycles. The van der Waals surface area contributed by atoms with E-state index in [2.05, 4.69) is 11.0 Å². The van der Waals surface area contributed by atoms with E-state index in [1.54, 1.807) is 23.5 Å². The van der Waals surface area contributed by atoms with Crippen LogP contribution in [0, 0.1) is 5.82 Å². The van der Waals surface area contributed by atoms with E-state index in [0.717, 1.165) is 35.7 Å². The number of benzene rings is 2. The minimum atomic E-state index is -0.141. The SMILES string of the molecule is Fc1ccc2c(c1)CCN(c1nc3ccccc3s1)C2. The zero-order valence-corrected chi connectivity index (χ0v) is 11.7. The Morgan fingerprint density at radius 1 is 1.10 bits per heavy atom. The Morgan fingerprint density at radius 2 is 2.00 bits per heavy atom. The van der Waals surface area contributed by atoms with Crippen LogP contribution in [-0.4, -0.2) is 11.5 Å². The number of fused-ring (bicyclic) bond motifs is 2. The molecule has 1 aliphatic rings. The van der Waals surface area contributed by atoms with Crippen molar-refractivity contribution in [1.82, 2.24) is 4.98 Å². The van der Waals surface area contributed by atoms with Gasteiger partial charge < -0.3 is 4.90 Å². The number of para-hydroxylation sites is 1. The summed E-state index contributed by atoms with van der Waals surface area (Å²) in [6.45, 7) is 1.71. The topological polar surface area (TPSA) is 16.1 Å². The van der Waals surface area contributed by atoms with Crippen molar-refractivity contribution in [3.8, 4) is 0 Å². The molecule has 1 aromatic heterocycles. The monoisotopic (exact) mass is 284 g/mol. The van der Waals surface area contributed by atoms with Crippen LogP contribution in [-0.2, 0) is 13.0 Å².